The Morgan fingerprint density at radius 1 is 1.14 bits per heavy atom. The first-order chi connectivity index (χ1) is 13.5. The Bertz CT molecular complexity index is 1200. The van der Waals surface area contributed by atoms with Gasteiger partial charge < -0.3 is 18.8 Å². The molecule has 0 bridgehead atoms. The molecule has 4 aromatic rings. The Morgan fingerprint density at radius 2 is 1.93 bits per heavy atom. The number of benzene rings is 2. The topological polar surface area (TPSA) is 105 Å². The lowest BCUT2D eigenvalue weighted by atomic mass is 10.0. The van der Waals surface area contributed by atoms with Crippen molar-refractivity contribution in [1.29, 1.82) is 0 Å². The number of ketones is 1. The molecule has 142 valence electrons. The lowest BCUT2D eigenvalue weighted by Gasteiger charge is -2.06. The first-order valence-corrected chi connectivity index (χ1v) is 10.2. The molecule has 0 fully saturated rings. The van der Waals surface area contributed by atoms with E-state index < -0.39 is 7.60 Å². The molecule has 0 saturated carbocycles. The van der Waals surface area contributed by atoms with Gasteiger partial charge in [-0.1, -0.05) is 30.3 Å². The molecule has 2 aromatic carbocycles. The van der Waals surface area contributed by atoms with Crippen molar-refractivity contribution in [3.05, 3.63) is 71.8 Å². The number of aromatic amines is 1. The van der Waals surface area contributed by atoms with Gasteiger partial charge >= 0.3 is 7.60 Å². The number of nitrogens with one attached hydrogen (secondary N) is 1. The number of imidazole rings is 1. The van der Waals surface area contributed by atoms with Crippen molar-refractivity contribution in [2.75, 3.05) is 6.61 Å². The van der Waals surface area contributed by atoms with Crippen LogP contribution in [0, 0.1) is 0 Å². The maximum Gasteiger partial charge on any atom is 0.393 e. The van der Waals surface area contributed by atoms with Crippen LogP contribution in [0.25, 0.3) is 22.6 Å². The summed E-state index contributed by atoms with van der Waals surface area (Å²) >= 11 is 0. The van der Waals surface area contributed by atoms with Gasteiger partial charge in [-0.3, -0.25) is 9.36 Å². The number of carbonyl (C=O) groups is 1. The largest absolute Gasteiger partial charge is 0.445 e. The molecule has 0 aliphatic heterocycles. The number of fused-ring (bicyclic) bond motifs is 1. The quantitative estimate of drug-likeness (QED) is 0.378. The maximum atomic E-state index is 12.6. The van der Waals surface area contributed by atoms with Gasteiger partial charge in [-0.05, 0) is 37.3 Å². The number of aromatic nitrogens is 2. The number of nitrogens with zero attached hydrogens (tertiary/aromatic N) is 1. The van der Waals surface area contributed by atoms with Crippen molar-refractivity contribution in [2.24, 2.45) is 0 Å². The Hall–Kier alpha value is -2.99. The van der Waals surface area contributed by atoms with Crippen molar-refractivity contribution in [3.8, 4) is 11.6 Å². The van der Waals surface area contributed by atoms with Crippen molar-refractivity contribution in [3.63, 3.8) is 0 Å². The van der Waals surface area contributed by atoms with E-state index in [2.05, 4.69) is 9.97 Å². The highest BCUT2D eigenvalue weighted by atomic mass is 31.2. The second kappa shape index (κ2) is 7.20. The van der Waals surface area contributed by atoms with Crippen LogP contribution < -0.4 is 5.50 Å². The van der Waals surface area contributed by atoms with Crippen LogP contribution in [-0.2, 0) is 9.09 Å². The number of rotatable bonds is 6. The minimum Gasteiger partial charge on any atom is -0.445 e. The first-order valence-electron chi connectivity index (χ1n) is 8.65. The predicted molar refractivity (Wildman–Crippen MR) is 105 cm³/mol. The van der Waals surface area contributed by atoms with Crippen LogP contribution in [0.3, 0.4) is 0 Å². The summed E-state index contributed by atoms with van der Waals surface area (Å²) in [6, 6.07) is 17.1. The molecular formula is C20H17N2O5P. The third-order valence-corrected chi connectivity index (χ3v) is 5.59. The van der Waals surface area contributed by atoms with Gasteiger partial charge in [0.15, 0.2) is 17.4 Å². The first kappa shape index (κ1) is 18.4. The van der Waals surface area contributed by atoms with E-state index in [0.29, 0.717) is 28.2 Å². The number of hydrogen-bond acceptors (Lipinski definition) is 5. The average molecular weight is 396 g/mol. The van der Waals surface area contributed by atoms with Gasteiger partial charge in [0.05, 0.1) is 17.6 Å². The molecule has 0 saturated heterocycles. The van der Waals surface area contributed by atoms with E-state index in [1.54, 1.807) is 43.3 Å². The van der Waals surface area contributed by atoms with Crippen LogP contribution in [-0.4, -0.2) is 27.3 Å². The van der Waals surface area contributed by atoms with Gasteiger partial charge in [0, 0.05) is 11.1 Å². The molecule has 0 radical (unpaired) electrons. The van der Waals surface area contributed by atoms with Gasteiger partial charge in [-0.25, -0.2) is 4.98 Å². The Morgan fingerprint density at radius 3 is 2.68 bits per heavy atom. The van der Waals surface area contributed by atoms with Crippen molar-refractivity contribution in [2.45, 2.75) is 6.92 Å². The van der Waals surface area contributed by atoms with E-state index in [0.717, 1.165) is 5.52 Å². The molecule has 1 atom stereocenters. The zero-order valence-electron chi connectivity index (χ0n) is 15.0. The van der Waals surface area contributed by atoms with E-state index in [-0.39, 0.29) is 17.9 Å². The molecule has 2 aromatic heterocycles. The molecule has 0 aliphatic carbocycles. The highest BCUT2D eigenvalue weighted by Crippen LogP contribution is 2.41. The van der Waals surface area contributed by atoms with E-state index >= 15 is 0 Å². The second-order valence-corrected chi connectivity index (χ2v) is 7.83. The van der Waals surface area contributed by atoms with Crippen LogP contribution in [0.2, 0.25) is 0 Å². The van der Waals surface area contributed by atoms with Crippen LogP contribution in [0.4, 0.5) is 0 Å². The smallest absolute Gasteiger partial charge is 0.393 e. The minimum absolute atomic E-state index is 0.0899. The van der Waals surface area contributed by atoms with E-state index in [4.69, 9.17) is 8.94 Å². The Labute approximate surface area is 160 Å². The molecule has 1 unspecified atom stereocenters. The summed E-state index contributed by atoms with van der Waals surface area (Å²) in [7, 11) is -3.99. The molecule has 2 N–H and O–H groups in total. The highest BCUT2D eigenvalue weighted by molar-refractivity contribution is 7.60. The summed E-state index contributed by atoms with van der Waals surface area (Å²) in [5, 5.41) is 0. The molecule has 8 heteroatoms. The van der Waals surface area contributed by atoms with Crippen molar-refractivity contribution in [1.82, 2.24) is 9.97 Å². The van der Waals surface area contributed by atoms with Crippen LogP contribution in [0.15, 0.2) is 65.1 Å². The van der Waals surface area contributed by atoms with E-state index in [1.807, 2.05) is 18.2 Å². The van der Waals surface area contributed by atoms with E-state index in [9.17, 15) is 14.3 Å². The lowest BCUT2D eigenvalue weighted by Crippen LogP contribution is -2.03. The molecule has 2 heterocycles. The highest BCUT2D eigenvalue weighted by Gasteiger charge is 2.27. The van der Waals surface area contributed by atoms with Gasteiger partial charge in [-0.15, -0.1) is 0 Å². The number of carbonyl (C=O) groups excluding carboxylic acids is 1. The normalized spacial score (nSPS) is 13.5. The summed E-state index contributed by atoms with van der Waals surface area (Å²) in [5.41, 5.74) is 2.28. The monoisotopic (exact) mass is 396 g/mol. The third-order valence-electron chi connectivity index (χ3n) is 4.19. The van der Waals surface area contributed by atoms with Gasteiger partial charge in [0.25, 0.3) is 0 Å². The fourth-order valence-electron chi connectivity index (χ4n) is 2.87. The number of hydrogen-bond donors (Lipinski definition) is 2. The van der Waals surface area contributed by atoms with Gasteiger partial charge in [0.2, 0.25) is 5.50 Å². The Kier molecular flexibility index (Phi) is 4.73. The van der Waals surface area contributed by atoms with E-state index in [1.165, 1.54) is 6.07 Å². The summed E-state index contributed by atoms with van der Waals surface area (Å²) in [6.07, 6.45) is 0. The molecule has 0 aliphatic rings. The molecule has 7 nitrogen and oxygen atoms in total. The maximum absolute atomic E-state index is 12.6. The standard InChI is InChI=1S/C20H17N2O5P/c1-2-26-28(24,25)18-11-10-17(27-18)20-21-15-9-8-14(12-16(15)22-20)19(23)13-6-4-3-5-7-13/h3-12H,2H2,1H3,(H,21,22)(H,24,25). The molecule has 4 rings (SSSR count). The lowest BCUT2D eigenvalue weighted by molar-refractivity contribution is 0.103. The zero-order valence-corrected chi connectivity index (χ0v) is 15.8. The van der Waals surface area contributed by atoms with Gasteiger partial charge in [-0.2, -0.15) is 0 Å². The SMILES string of the molecule is CCOP(=O)(O)c1ccc(-c2nc3cc(C(=O)c4ccccc4)ccc3[nH]2)o1. The fraction of sp³-hybridized carbons (Fsp3) is 0.100. The summed E-state index contributed by atoms with van der Waals surface area (Å²) < 4.78 is 22.4. The summed E-state index contributed by atoms with van der Waals surface area (Å²) in [6.45, 7) is 1.72. The summed E-state index contributed by atoms with van der Waals surface area (Å²) in [4.78, 5) is 30.0. The molecule has 28 heavy (non-hydrogen) atoms. The van der Waals surface area contributed by atoms with Gasteiger partial charge in [0.1, 0.15) is 0 Å². The molecule has 0 spiro atoms. The van der Waals surface area contributed by atoms with Crippen molar-refractivity contribution >= 4 is 29.9 Å². The minimum atomic E-state index is -3.99. The van der Waals surface area contributed by atoms with Crippen LogP contribution in [0.1, 0.15) is 22.8 Å². The molecular weight excluding hydrogens is 379 g/mol. The Balaban J connectivity index is 1.67. The number of H-pyrrole nitrogens is 1. The zero-order chi connectivity index (χ0) is 19.7. The van der Waals surface area contributed by atoms with Crippen molar-refractivity contribution < 1.29 is 23.2 Å². The summed E-state index contributed by atoms with van der Waals surface area (Å²) in [5.74, 6) is 0.600. The molecule has 0 amide bonds. The number of furan rings is 1. The van der Waals surface area contributed by atoms with Crippen LogP contribution in [0.5, 0.6) is 0 Å². The fourth-order valence-corrected chi connectivity index (χ4v) is 3.82. The second-order valence-electron chi connectivity index (χ2n) is 6.09. The third kappa shape index (κ3) is 3.43. The van der Waals surface area contributed by atoms with Crippen LogP contribution >= 0.6 is 7.60 Å². The predicted octanol–water partition coefficient (Wildman–Crippen LogP) is 3.90. The average Bonchev–Trinajstić information content (AvgIpc) is 3.35.